The molecule has 3 aromatic rings. The van der Waals surface area contributed by atoms with E-state index in [4.69, 9.17) is 27.1 Å². The molecule has 2 saturated heterocycles. The maximum Gasteiger partial charge on any atom is 0.154 e. The number of rotatable bonds is 2. The van der Waals surface area contributed by atoms with Crippen molar-refractivity contribution in [2.75, 3.05) is 31.2 Å². The molecule has 0 unspecified atom stereocenters. The first-order chi connectivity index (χ1) is 14.0. The maximum absolute atomic E-state index is 14.7. The Kier molecular flexibility index (Phi) is 4.49. The van der Waals surface area contributed by atoms with Crippen molar-refractivity contribution in [2.45, 2.75) is 25.8 Å². The Morgan fingerprint density at radius 1 is 1.31 bits per heavy atom. The lowest BCUT2D eigenvalue weighted by atomic mass is 9.75. The molecule has 0 radical (unpaired) electrons. The Hall–Kier alpha value is -2.22. The predicted molar refractivity (Wildman–Crippen MR) is 111 cm³/mol. The molecule has 6 nitrogen and oxygen atoms in total. The summed E-state index contributed by atoms with van der Waals surface area (Å²) in [6, 6.07) is 5.11. The normalized spacial score (nSPS) is 21.4. The van der Waals surface area contributed by atoms with Gasteiger partial charge < -0.3 is 15.4 Å². The number of aryl methyl sites for hydroxylation is 1. The predicted octanol–water partition coefficient (Wildman–Crippen LogP) is 3.44. The second-order valence-electron chi connectivity index (χ2n) is 8.09. The highest BCUT2D eigenvalue weighted by atomic mass is 35.5. The zero-order valence-electron chi connectivity index (χ0n) is 16.2. The van der Waals surface area contributed by atoms with Crippen LogP contribution in [0, 0.1) is 18.2 Å². The molecule has 8 heteroatoms. The summed E-state index contributed by atoms with van der Waals surface area (Å²) in [6.07, 6.45) is 5.43. The zero-order valence-corrected chi connectivity index (χ0v) is 17.0. The molecular weight excluding hydrogens is 393 g/mol. The third-order valence-electron chi connectivity index (χ3n) is 6.46. The van der Waals surface area contributed by atoms with Gasteiger partial charge in [-0.25, -0.2) is 14.4 Å². The van der Waals surface area contributed by atoms with Gasteiger partial charge in [-0.3, -0.25) is 4.40 Å². The van der Waals surface area contributed by atoms with Gasteiger partial charge in [0.2, 0.25) is 0 Å². The Labute approximate surface area is 173 Å². The Morgan fingerprint density at radius 3 is 2.83 bits per heavy atom. The molecule has 152 valence electrons. The number of fused-ring (bicyclic) bond motifs is 1. The quantitative estimate of drug-likeness (QED) is 0.694. The van der Waals surface area contributed by atoms with Gasteiger partial charge in [-0.15, -0.1) is 0 Å². The summed E-state index contributed by atoms with van der Waals surface area (Å²) in [4.78, 5) is 11.5. The topological polar surface area (TPSA) is 68.7 Å². The van der Waals surface area contributed by atoms with Crippen LogP contribution in [0.3, 0.4) is 0 Å². The van der Waals surface area contributed by atoms with Gasteiger partial charge in [-0.1, -0.05) is 17.7 Å². The van der Waals surface area contributed by atoms with E-state index < -0.39 is 5.82 Å². The number of nitrogens with two attached hydrogens (primary N) is 1. The number of nitrogens with zero attached hydrogens (tertiary/aromatic N) is 4. The summed E-state index contributed by atoms with van der Waals surface area (Å²) in [7, 11) is 0. The second-order valence-corrected chi connectivity index (χ2v) is 8.50. The van der Waals surface area contributed by atoms with E-state index in [1.54, 1.807) is 30.7 Å². The SMILES string of the molecule is Cc1nc(N2CCC3(CC2)COC[C@H]3N)c2cncn2c1-c1cccc(Cl)c1F. The summed E-state index contributed by atoms with van der Waals surface area (Å²) < 4.78 is 22.3. The van der Waals surface area contributed by atoms with Gasteiger partial charge in [0.15, 0.2) is 11.6 Å². The molecular formula is C21H23ClFN5O. The first kappa shape index (κ1) is 18.8. The fraction of sp³-hybridized carbons (Fsp3) is 0.429. The van der Waals surface area contributed by atoms with E-state index >= 15 is 0 Å². The van der Waals surface area contributed by atoms with E-state index in [1.165, 1.54) is 0 Å². The lowest BCUT2D eigenvalue weighted by Crippen LogP contribution is -2.49. The van der Waals surface area contributed by atoms with Crippen LogP contribution in [-0.4, -0.2) is 46.7 Å². The van der Waals surface area contributed by atoms with Gasteiger partial charge in [-0.05, 0) is 31.9 Å². The largest absolute Gasteiger partial charge is 0.379 e. The van der Waals surface area contributed by atoms with Crippen molar-refractivity contribution in [3.63, 3.8) is 0 Å². The number of ether oxygens (including phenoxy) is 1. The third-order valence-corrected chi connectivity index (χ3v) is 6.76. The van der Waals surface area contributed by atoms with Crippen LogP contribution in [0.15, 0.2) is 30.7 Å². The van der Waals surface area contributed by atoms with Gasteiger partial charge in [0, 0.05) is 30.1 Å². The van der Waals surface area contributed by atoms with Crippen molar-refractivity contribution in [2.24, 2.45) is 11.1 Å². The van der Waals surface area contributed by atoms with Crippen molar-refractivity contribution in [1.29, 1.82) is 0 Å². The van der Waals surface area contributed by atoms with Crippen LogP contribution in [0.25, 0.3) is 16.8 Å². The van der Waals surface area contributed by atoms with Crippen molar-refractivity contribution in [1.82, 2.24) is 14.4 Å². The molecule has 2 fully saturated rings. The maximum atomic E-state index is 14.7. The van der Waals surface area contributed by atoms with Crippen molar-refractivity contribution < 1.29 is 9.13 Å². The molecule has 1 spiro atoms. The molecule has 4 heterocycles. The molecule has 0 amide bonds. The Balaban J connectivity index is 1.54. The zero-order chi connectivity index (χ0) is 20.2. The molecule has 2 aliphatic rings. The number of hydrogen-bond acceptors (Lipinski definition) is 5. The highest BCUT2D eigenvalue weighted by Gasteiger charge is 2.44. The first-order valence-corrected chi connectivity index (χ1v) is 10.2. The Morgan fingerprint density at radius 2 is 2.10 bits per heavy atom. The lowest BCUT2D eigenvalue weighted by Gasteiger charge is -2.41. The monoisotopic (exact) mass is 415 g/mol. The molecule has 2 N–H and O–H groups in total. The molecule has 5 rings (SSSR count). The summed E-state index contributed by atoms with van der Waals surface area (Å²) >= 11 is 6.02. The van der Waals surface area contributed by atoms with Gasteiger partial charge >= 0.3 is 0 Å². The highest BCUT2D eigenvalue weighted by molar-refractivity contribution is 6.31. The van der Waals surface area contributed by atoms with Crippen molar-refractivity contribution >= 4 is 22.9 Å². The summed E-state index contributed by atoms with van der Waals surface area (Å²) in [5.74, 6) is 0.422. The number of imidazole rings is 1. The van der Waals surface area contributed by atoms with Gasteiger partial charge in [0.05, 0.1) is 42.1 Å². The highest BCUT2D eigenvalue weighted by Crippen LogP contribution is 2.40. The van der Waals surface area contributed by atoms with Gasteiger partial charge in [0.1, 0.15) is 5.52 Å². The summed E-state index contributed by atoms with van der Waals surface area (Å²) in [6.45, 7) is 4.99. The molecule has 0 saturated carbocycles. The molecule has 1 atom stereocenters. The number of benzene rings is 1. The molecule has 2 aromatic heterocycles. The fourth-order valence-corrected chi connectivity index (χ4v) is 4.85. The van der Waals surface area contributed by atoms with Gasteiger partial charge in [-0.2, -0.15) is 0 Å². The number of anilines is 1. The number of aromatic nitrogens is 3. The molecule has 2 aliphatic heterocycles. The van der Waals surface area contributed by atoms with E-state index in [0.717, 1.165) is 49.6 Å². The molecule has 0 bridgehead atoms. The number of piperidine rings is 1. The van der Waals surface area contributed by atoms with Crippen LogP contribution in [0.4, 0.5) is 10.2 Å². The average molecular weight is 416 g/mol. The van der Waals surface area contributed by atoms with E-state index in [-0.39, 0.29) is 16.5 Å². The summed E-state index contributed by atoms with van der Waals surface area (Å²) in [5, 5.41) is 0.0932. The van der Waals surface area contributed by atoms with Crippen LogP contribution in [-0.2, 0) is 4.74 Å². The number of halogens is 2. The van der Waals surface area contributed by atoms with Crippen LogP contribution >= 0.6 is 11.6 Å². The fourth-order valence-electron chi connectivity index (χ4n) is 4.68. The minimum Gasteiger partial charge on any atom is -0.379 e. The summed E-state index contributed by atoms with van der Waals surface area (Å²) in [5.41, 5.74) is 9.06. The van der Waals surface area contributed by atoms with Crippen LogP contribution < -0.4 is 10.6 Å². The molecule has 0 aliphatic carbocycles. The van der Waals surface area contributed by atoms with E-state index in [1.807, 2.05) is 11.3 Å². The van der Waals surface area contributed by atoms with Gasteiger partial charge in [0.25, 0.3) is 0 Å². The van der Waals surface area contributed by atoms with E-state index in [0.29, 0.717) is 17.9 Å². The Bertz CT molecular complexity index is 1080. The molecule has 1 aromatic carbocycles. The minimum atomic E-state index is -0.447. The molecule has 29 heavy (non-hydrogen) atoms. The standard InChI is InChI=1S/C21H23ClFN5O/c1-13-19(14-3-2-4-15(22)18(14)23)28-12-25-9-16(28)20(26-13)27-7-5-21(6-8-27)11-29-10-17(21)24/h2-4,9,12,17H,5-8,10-11,24H2,1H3/t17-/m1/s1. The lowest BCUT2D eigenvalue weighted by molar-refractivity contribution is 0.132. The first-order valence-electron chi connectivity index (χ1n) is 9.85. The van der Waals surface area contributed by atoms with Crippen molar-refractivity contribution in [3.05, 3.63) is 47.3 Å². The minimum absolute atomic E-state index is 0.0753. The van der Waals surface area contributed by atoms with E-state index in [9.17, 15) is 4.39 Å². The smallest absolute Gasteiger partial charge is 0.154 e. The van der Waals surface area contributed by atoms with Crippen LogP contribution in [0.2, 0.25) is 5.02 Å². The average Bonchev–Trinajstić information content (AvgIpc) is 3.33. The third kappa shape index (κ3) is 2.91. The van der Waals surface area contributed by atoms with Crippen molar-refractivity contribution in [3.8, 4) is 11.3 Å². The van der Waals surface area contributed by atoms with Crippen LogP contribution in [0.5, 0.6) is 0 Å². The second kappa shape index (κ2) is 6.93. The van der Waals surface area contributed by atoms with Crippen LogP contribution in [0.1, 0.15) is 18.5 Å². The number of hydrogen-bond donors (Lipinski definition) is 1. The van der Waals surface area contributed by atoms with E-state index in [2.05, 4.69) is 9.88 Å².